The second-order valence-corrected chi connectivity index (χ2v) is 10.6. The molecule has 0 radical (unpaired) electrons. The summed E-state index contributed by atoms with van der Waals surface area (Å²) >= 11 is 1.24. The molecule has 5 rings (SSSR count). The van der Waals surface area contributed by atoms with Crippen molar-refractivity contribution >= 4 is 29.1 Å². The number of carbonyl (C=O) groups excluding carboxylic acids is 1. The van der Waals surface area contributed by atoms with E-state index in [-0.39, 0.29) is 24.5 Å². The van der Waals surface area contributed by atoms with Crippen LogP contribution in [0, 0.1) is 10.1 Å². The van der Waals surface area contributed by atoms with Crippen molar-refractivity contribution in [2.75, 3.05) is 13.2 Å². The van der Waals surface area contributed by atoms with Crippen molar-refractivity contribution < 1.29 is 23.9 Å². The van der Waals surface area contributed by atoms with Crippen LogP contribution in [0.3, 0.4) is 0 Å². The molecule has 220 valence electrons. The molecule has 0 spiro atoms. The van der Waals surface area contributed by atoms with Gasteiger partial charge in [-0.3, -0.25) is 19.5 Å². The molecule has 4 aromatic rings. The van der Waals surface area contributed by atoms with Crippen molar-refractivity contribution in [2.24, 2.45) is 4.99 Å². The minimum Gasteiger partial charge on any atom is -0.494 e. The molecule has 0 amide bonds. The molecule has 2 heterocycles. The van der Waals surface area contributed by atoms with Gasteiger partial charge in [-0.15, -0.1) is 0 Å². The number of allylic oxidation sites excluding steroid dienone is 1. The lowest BCUT2D eigenvalue weighted by Gasteiger charge is -2.24. The van der Waals surface area contributed by atoms with E-state index in [0.717, 1.165) is 16.7 Å². The number of rotatable bonds is 10. The van der Waals surface area contributed by atoms with E-state index < -0.39 is 16.9 Å². The van der Waals surface area contributed by atoms with Gasteiger partial charge in [0.15, 0.2) is 4.80 Å². The molecule has 0 aliphatic carbocycles. The third kappa shape index (κ3) is 6.41. The standard InChI is InChI=1S/C32H29N3O7S/c1-4-40-25-15-11-23(12-16-25)29-28(31(37)41-5-2)20(3)33-32-34(29)30(36)27(43-32)18-22-7-6-8-26(17-22)42-19-21-9-13-24(14-10-21)35(38)39/h6-18,29H,4-5,19H2,1-3H3/b27-18-/t29-/m1/s1. The van der Waals surface area contributed by atoms with Gasteiger partial charge in [-0.1, -0.05) is 35.6 Å². The summed E-state index contributed by atoms with van der Waals surface area (Å²) in [5.74, 6) is 0.745. The molecule has 1 aliphatic rings. The molecule has 0 unspecified atom stereocenters. The van der Waals surface area contributed by atoms with Crippen LogP contribution in [-0.2, 0) is 16.1 Å². The highest BCUT2D eigenvalue weighted by Crippen LogP contribution is 2.31. The minimum atomic E-state index is -0.718. The van der Waals surface area contributed by atoms with Crippen molar-refractivity contribution in [3.63, 3.8) is 0 Å². The maximum Gasteiger partial charge on any atom is 0.338 e. The summed E-state index contributed by atoms with van der Waals surface area (Å²) in [4.78, 5) is 42.5. The van der Waals surface area contributed by atoms with Crippen LogP contribution in [-0.4, -0.2) is 28.7 Å². The number of nitro benzene ring substituents is 1. The van der Waals surface area contributed by atoms with Crippen LogP contribution in [0.5, 0.6) is 11.5 Å². The number of aromatic nitrogens is 1. The maximum atomic E-state index is 13.9. The fourth-order valence-electron chi connectivity index (χ4n) is 4.75. The molecular formula is C32H29N3O7S. The highest BCUT2D eigenvalue weighted by atomic mass is 32.1. The Bertz CT molecular complexity index is 1870. The Labute approximate surface area is 251 Å². The molecular weight excluding hydrogens is 570 g/mol. The van der Waals surface area contributed by atoms with Gasteiger partial charge in [-0.05, 0) is 79.9 Å². The Hall–Kier alpha value is -5.03. The molecule has 0 fully saturated rings. The van der Waals surface area contributed by atoms with E-state index in [0.29, 0.717) is 38.7 Å². The summed E-state index contributed by atoms with van der Waals surface area (Å²) in [6.45, 7) is 6.32. The average Bonchev–Trinajstić information content (AvgIpc) is 3.30. The maximum absolute atomic E-state index is 13.9. The summed E-state index contributed by atoms with van der Waals surface area (Å²) in [5.41, 5.74) is 2.79. The van der Waals surface area contributed by atoms with Crippen LogP contribution in [0.25, 0.3) is 6.08 Å². The summed E-state index contributed by atoms with van der Waals surface area (Å²) in [6, 6.07) is 20.0. The van der Waals surface area contributed by atoms with E-state index in [1.165, 1.54) is 23.5 Å². The lowest BCUT2D eigenvalue weighted by molar-refractivity contribution is -0.384. The molecule has 1 atom stereocenters. The summed E-state index contributed by atoms with van der Waals surface area (Å²) in [6.07, 6.45) is 1.77. The van der Waals surface area contributed by atoms with Crippen LogP contribution in [0.1, 0.15) is 43.5 Å². The Balaban J connectivity index is 1.49. The smallest absolute Gasteiger partial charge is 0.338 e. The lowest BCUT2D eigenvalue weighted by Crippen LogP contribution is -2.39. The van der Waals surface area contributed by atoms with Gasteiger partial charge in [0.25, 0.3) is 11.2 Å². The highest BCUT2D eigenvalue weighted by molar-refractivity contribution is 7.07. The van der Waals surface area contributed by atoms with Crippen molar-refractivity contribution in [3.8, 4) is 11.5 Å². The number of hydrogen-bond acceptors (Lipinski definition) is 9. The summed E-state index contributed by atoms with van der Waals surface area (Å²) in [5, 5.41) is 10.9. The molecule has 0 saturated carbocycles. The second-order valence-electron chi connectivity index (χ2n) is 9.59. The number of fused-ring (bicyclic) bond motifs is 1. The van der Waals surface area contributed by atoms with E-state index in [2.05, 4.69) is 4.99 Å². The van der Waals surface area contributed by atoms with Crippen molar-refractivity contribution in [3.05, 3.63) is 131 Å². The molecule has 11 heteroatoms. The lowest BCUT2D eigenvalue weighted by atomic mass is 9.96. The predicted molar refractivity (Wildman–Crippen MR) is 162 cm³/mol. The van der Waals surface area contributed by atoms with Gasteiger partial charge in [-0.25, -0.2) is 9.79 Å². The van der Waals surface area contributed by atoms with Gasteiger partial charge in [0.05, 0.1) is 40.0 Å². The van der Waals surface area contributed by atoms with Crippen molar-refractivity contribution in [1.82, 2.24) is 4.57 Å². The van der Waals surface area contributed by atoms with E-state index in [1.54, 1.807) is 42.7 Å². The first-order chi connectivity index (χ1) is 20.8. The number of hydrogen-bond donors (Lipinski definition) is 0. The van der Waals surface area contributed by atoms with Gasteiger partial charge in [0.1, 0.15) is 18.1 Å². The Morgan fingerprint density at radius 2 is 1.77 bits per heavy atom. The normalized spacial score (nSPS) is 14.6. The third-order valence-electron chi connectivity index (χ3n) is 6.73. The Kier molecular flexibility index (Phi) is 8.82. The van der Waals surface area contributed by atoms with Gasteiger partial charge < -0.3 is 14.2 Å². The van der Waals surface area contributed by atoms with Crippen LogP contribution in [0.4, 0.5) is 5.69 Å². The highest BCUT2D eigenvalue weighted by Gasteiger charge is 2.33. The number of ether oxygens (including phenoxy) is 3. The monoisotopic (exact) mass is 599 g/mol. The Morgan fingerprint density at radius 1 is 1.02 bits per heavy atom. The van der Waals surface area contributed by atoms with E-state index >= 15 is 0 Å². The molecule has 1 aliphatic heterocycles. The number of nitro groups is 1. The van der Waals surface area contributed by atoms with E-state index in [4.69, 9.17) is 14.2 Å². The van der Waals surface area contributed by atoms with Gasteiger partial charge in [0.2, 0.25) is 0 Å². The van der Waals surface area contributed by atoms with Crippen LogP contribution in [0.15, 0.2) is 93.9 Å². The number of nitrogens with zero attached hydrogens (tertiary/aromatic N) is 3. The summed E-state index contributed by atoms with van der Waals surface area (Å²) in [7, 11) is 0. The van der Waals surface area contributed by atoms with Gasteiger partial charge in [0, 0.05) is 12.1 Å². The number of thiazole rings is 1. The first-order valence-electron chi connectivity index (χ1n) is 13.7. The van der Waals surface area contributed by atoms with Crippen LogP contribution < -0.4 is 24.4 Å². The zero-order chi connectivity index (χ0) is 30.5. The fraction of sp³-hybridized carbons (Fsp3) is 0.219. The molecule has 43 heavy (non-hydrogen) atoms. The number of benzene rings is 3. The summed E-state index contributed by atoms with van der Waals surface area (Å²) < 4.78 is 18.8. The largest absolute Gasteiger partial charge is 0.494 e. The van der Waals surface area contributed by atoms with E-state index in [9.17, 15) is 19.7 Å². The predicted octanol–water partition coefficient (Wildman–Crippen LogP) is 4.68. The SMILES string of the molecule is CCOC(=O)C1=C(C)N=c2s/c(=C\c3cccc(OCc4ccc([N+](=O)[O-])cc4)c3)c(=O)n2[C@@H]1c1ccc(OCC)cc1. The molecule has 0 N–H and O–H groups in total. The number of carbonyl (C=O) groups is 1. The molecule has 1 aromatic heterocycles. The van der Waals surface area contributed by atoms with Crippen molar-refractivity contribution in [2.45, 2.75) is 33.4 Å². The first kappa shape index (κ1) is 29.5. The van der Waals surface area contributed by atoms with Crippen molar-refractivity contribution in [1.29, 1.82) is 0 Å². The van der Waals surface area contributed by atoms with E-state index in [1.807, 2.05) is 49.4 Å². The molecule has 10 nitrogen and oxygen atoms in total. The Morgan fingerprint density at radius 3 is 2.44 bits per heavy atom. The quantitative estimate of drug-likeness (QED) is 0.147. The van der Waals surface area contributed by atoms with Crippen LogP contribution in [0.2, 0.25) is 0 Å². The number of esters is 1. The molecule has 3 aromatic carbocycles. The van der Waals surface area contributed by atoms with Gasteiger partial charge in [-0.2, -0.15) is 0 Å². The first-order valence-corrected chi connectivity index (χ1v) is 14.5. The topological polar surface area (TPSA) is 122 Å². The minimum absolute atomic E-state index is 0.0153. The fourth-order valence-corrected chi connectivity index (χ4v) is 5.79. The zero-order valence-electron chi connectivity index (χ0n) is 23.8. The average molecular weight is 600 g/mol. The third-order valence-corrected chi connectivity index (χ3v) is 7.72. The second kappa shape index (κ2) is 12.9. The van der Waals surface area contributed by atoms with Crippen LogP contribution >= 0.6 is 11.3 Å². The molecule has 0 bridgehead atoms. The number of non-ortho nitro benzene ring substituents is 1. The zero-order valence-corrected chi connectivity index (χ0v) is 24.6. The molecule has 0 saturated heterocycles. The van der Waals surface area contributed by atoms with Gasteiger partial charge >= 0.3 is 5.97 Å².